The Morgan fingerprint density at radius 1 is 1.39 bits per heavy atom. The second-order valence-corrected chi connectivity index (χ2v) is 7.02. The fraction of sp³-hybridized carbons (Fsp3) is 0.526. The molecule has 2 bridgehead atoms. The van der Waals surface area contributed by atoms with E-state index in [1.54, 1.807) is 4.90 Å². The van der Waals surface area contributed by atoms with Gasteiger partial charge in [0.2, 0.25) is 0 Å². The number of rotatable bonds is 4. The molecule has 122 valence electrons. The molecule has 4 rings (SSSR count). The standard InChI is InChI=1S/C19H25N3O/c1-4-14-13-22-10-9-16(14)11-18(22)12-20-19(23)15-5-7-17(8-6-15)21(2)3/h1,5-8,14,16,18H,9-13H2,2-3H3,(H,20,23)/p+1/t14-,16-,18+/m0/s1. The first-order valence-corrected chi connectivity index (χ1v) is 8.44. The molecular formula is C19H26N3O+. The van der Waals surface area contributed by atoms with Crippen molar-refractivity contribution in [1.82, 2.24) is 5.32 Å². The SMILES string of the molecule is C#C[C@H]1C[NH+]2CC[C@H]1C[C@@H]2CNC(=O)c1ccc(N(C)C)cc1. The summed E-state index contributed by atoms with van der Waals surface area (Å²) in [6, 6.07) is 8.25. The number of amides is 1. The average molecular weight is 312 g/mol. The zero-order valence-corrected chi connectivity index (χ0v) is 14.0. The minimum atomic E-state index is 0.0193. The van der Waals surface area contributed by atoms with Gasteiger partial charge >= 0.3 is 0 Å². The highest BCUT2D eigenvalue weighted by Crippen LogP contribution is 2.26. The third kappa shape index (κ3) is 3.35. The second kappa shape index (κ2) is 6.64. The molecule has 23 heavy (non-hydrogen) atoms. The lowest BCUT2D eigenvalue weighted by Gasteiger charge is -2.45. The number of terminal acetylenes is 1. The minimum absolute atomic E-state index is 0.0193. The number of carbonyl (C=O) groups excluding carboxylic acids is 1. The number of anilines is 1. The van der Waals surface area contributed by atoms with Crippen molar-refractivity contribution in [1.29, 1.82) is 0 Å². The Labute approximate surface area is 138 Å². The molecule has 0 saturated carbocycles. The van der Waals surface area contributed by atoms with Gasteiger partial charge in [-0.3, -0.25) is 4.79 Å². The number of quaternary nitrogens is 1. The van der Waals surface area contributed by atoms with E-state index in [-0.39, 0.29) is 5.91 Å². The van der Waals surface area contributed by atoms with Crippen molar-refractivity contribution in [3.8, 4) is 12.3 Å². The first kappa shape index (κ1) is 15.9. The van der Waals surface area contributed by atoms with Crippen LogP contribution in [0.2, 0.25) is 0 Å². The Morgan fingerprint density at radius 2 is 2.13 bits per heavy atom. The highest BCUT2D eigenvalue weighted by molar-refractivity contribution is 5.94. The van der Waals surface area contributed by atoms with Crippen LogP contribution in [0.3, 0.4) is 0 Å². The molecule has 3 aliphatic heterocycles. The fourth-order valence-corrected chi connectivity index (χ4v) is 3.96. The summed E-state index contributed by atoms with van der Waals surface area (Å²) in [5, 5.41) is 3.11. The zero-order chi connectivity index (χ0) is 16.4. The van der Waals surface area contributed by atoms with Crippen molar-refractivity contribution in [2.75, 3.05) is 38.6 Å². The molecule has 1 aromatic carbocycles. The van der Waals surface area contributed by atoms with Gasteiger partial charge in [-0.2, -0.15) is 0 Å². The Morgan fingerprint density at radius 3 is 2.70 bits per heavy atom. The summed E-state index contributed by atoms with van der Waals surface area (Å²) in [5.74, 6) is 4.05. The van der Waals surface area contributed by atoms with E-state index in [0.29, 0.717) is 17.9 Å². The van der Waals surface area contributed by atoms with Crippen molar-refractivity contribution >= 4 is 11.6 Å². The molecule has 0 aromatic heterocycles. The summed E-state index contributed by atoms with van der Waals surface area (Å²) < 4.78 is 0. The summed E-state index contributed by atoms with van der Waals surface area (Å²) in [7, 11) is 3.99. The van der Waals surface area contributed by atoms with Crippen LogP contribution in [0.4, 0.5) is 5.69 Å². The molecule has 4 nitrogen and oxygen atoms in total. The monoisotopic (exact) mass is 312 g/mol. The van der Waals surface area contributed by atoms with Gasteiger partial charge < -0.3 is 15.1 Å². The van der Waals surface area contributed by atoms with Gasteiger partial charge in [0.15, 0.2) is 0 Å². The predicted molar refractivity (Wildman–Crippen MR) is 92.6 cm³/mol. The van der Waals surface area contributed by atoms with Gasteiger partial charge in [-0.25, -0.2) is 0 Å². The van der Waals surface area contributed by atoms with Gasteiger partial charge in [0.25, 0.3) is 5.91 Å². The van der Waals surface area contributed by atoms with Gasteiger partial charge in [-0.05, 0) is 30.2 Å². The lowest BCUT2D eigenvalue weighted by molar-refractivity contribution is -0.943. The summed E-state index contributed by atoms with van der Waals surface area (Å²) in [5.41, 5.74) is 1.82. The van der Waals surface area contributed by atoms with Gasteiger partial charge in [-0.15, -0.1) is 6.42 Å². The average Bonchev–Trinajstić information content (AvgIpc) is 2.60. The van der Waals surface area contributed by atoms with Gasteiger partial charge in [0.1, 0.15) is 6.04 Å². The number of nitrogens with zero attached hydrogens (tertiary/aromatic N) is 1. The molecule has 1 unspecified atom stereocenters. The number of hydrogen-bond acceptors (Lipinski definition) is 2. The predicted octanol–water partition coefficient (Wildman–Crippen LogP) is 0.409. The number of nitrogens with one attached hydrogen (secondary N) is 2. The first-order valence-electron chi connectivity index (χ1n) is 8.44. The fourth-order valence-electron chi connectivity index (χ4n) is 3.96. The first-order chi connectivity index (χ1) is 11.1. The quantitative estimate of drug-likeness (QED) is 0.790. The van der Waals surface area contributed by atoms with Crippen molar-refractivity contribution in [3.63, 3.8) is 0 Å². The van der Waals surface area contributed by atoms with E-state index >= 15 is 0 Å². The van der Waals surface area contributed by atoms with Crippen molar-refractivity contribution in [2.45, 2.75) is 18.9 Å². The Kier molecular flexibility index (Phi) is 4.58. The van der Waals surface area contributed by atoms with E-state index in [4.69, 9.17) is 6.42 Å². The third-order valence-corrected chi connectivity index (χ3v) is 5.42. The number of fused-ring (bicyclic) bond motifs is 3. The molecule has 1 aromatic rings. The molecule has 1 amide bonds. The van der Waals surface area contributed by atoms with Crippen molar-refractivity contribution in [2.24, 2.45) is 11.8 Å². The number of benzene rings is 1. The van der Waals surface area contributed by atoms with E-state index in [1.807, 2.05) is 43.3 Å². The van der Waals surface area contributed by atoms with Crippen LogP contribution in [0.1, 0.15) is 23.2 Å². The van der Waals surface area contributed by atoms with E-state index in [0.717, 1.165) is 30.8 Å². The lowest BCUT2D eigenvalue weighted by atomic mass is 9.76. The van der Waals surface area contributed by atoms with Crippen molar-refractivity contribution < 1.29 is 9.69 Å². The normalized spacial score (nSPS) is 28.9. The molecule has 0 radical (unpaired) electrons. The minimum Gasteiger partial charge on any atom is -0.378 e. The lowest BCUT2D eigenvalue weighted by Crippen LogP contribution is -3.20. The van der Waals surface area contributed by atoms with Crippen LogP contribution in [0.15, 0.2) is 24.3 Å². The van der Waals surface area contributed by atoms with E-state index in [1.165, 1.54) is 13.0 Å². The van der Waals surface area contributed by atoms with Crippen LogP contribution < -0.4 is 15.1 Å². The van der Waals surface area contributed by atoms with Crippen LogP contribution in [0.25, 0.3) is 0 Å². The summed E-state index contributed by atoms with van der Waals surface area (Å²) in [4.78, 5) is 15.9. The maximum absolute atomic E-state index is 12.3. The molecule has 3 saturated heterocycles. The Hall–Kier alpha value is -1.99. The maximum Gasteiger partial charge on any atom is 0.251 e. The summed E-state index contributed by atoms with van der Waals surface area (Å²) in [6.45, 7) is 3.01. The summed E-state index contributed by atoms with van der Waals surface area (Å²) >= 11 is 0. The smallest absolute Gasteiger partial charge is 0.251 e. The zero-order valence-electron chi connectivity index (χ0n) is 14.0. The van der Waals surface area contributed by atoms with Crippen LogP contribution in [-0.4, -0.2) is 45.7 Å². The molecular weight excluding hydrogens is 286 g/mol. The second-order valence-electron chi connectivity index (χ2n) is 7.02. The third-order valence-electron chi connectivity index (χ3n) is 5.42. The Balaban J connectivity index is 1.55. The molecule has 4 atom stereocenters. The van der Waals surface area contributed by atoms with Crippen LogP contribution in [-0.2, 0) is 0 Å². The van der Waals surface area contributed by atoms with E-state index < -0.39 is 0 Å². The van der Waals surface area contributed by atoms with Gasteiger partial charge in [-0.1, -0.05) is 5.92 Å². The number of piperidine rings is 3. The maximum atomic E-state index is 12.3. The molecule has 0 spiro atoms. The van der Waals surface area contributed by atoms with E-state index in [9.17, 15) is 4.79 Å². The van der Waals surface area contributed by atoms with Crippen molar-refractivity contribution in [3.05, 3.63) is 29.8 Å². The van der Waals surface area contributed by atoms with Gasteiger partial charge in [0, 0.05) is 38.2 Å². The highest BCUT2D eigenvalue weighted by atomic mass is 16.1. The van der Waals surface area contributed by atoms with Crippen LogP contribution in [0.5, 0.6) is 0 Å². The number of carbonyl (C=O) groups is 1. The number of hydrogen-bond donors (Lipinski definition) is 2. The van der Waals surface area contributed by atoms with Crippen LogP contribution >= 0.6 is 0 Å². The van der Waals surface area contributed by atoms with E-state index in [2.05, 4.69) is 11.2 Å². The highest BCUT2D eigenvalue weighted by Gasteiger charge is 2.42. The molecule has 4 heteroatoms. The van der Waals surface area contributed by atoms with Gasteiger partial charge in [0.05, 0.1) is 25.6 Å². The molecule has 2 N–H and O–H groups in total. The summed E-state index contributed by atoms with van der Waals surface area (Å²) in [6.07, 6.45) is 8.01. The molecule has 0 aliphatic carbocycles. The molecule has 3 aliphatic rings. The topological polar surface area (TPSA) is 36.8 Å². The molecule has 3 fully saturated rings. The Bertz CT molecular complexity index is 602. The molecule has 3 heterocycles. The van der Waals surface area contributed by atoms with Crippen LogP contribution in [0, 0.1) is 24.2 Å². The largest absolute Gasteiger partial charge is 0.378 e.